The predicted octanol–water partition coefficient (Wildman–Crippen LogP) is 1.31. The second-order valence-electron chi connectivity index (χ2n) is 8.88. The first-order valence-corrected chi connectivity index (χ1v) is 11.6. The van der Waals surface area contributed by atoms with E-state index < -0.39 is 32.3 Å². The number of ether oxygens (including phenoxy) is 4. The normalized spacial score (nSPS) is 22.4. The molecule has 2 atom stereocenters. The number of rotatable bonds is 10. The lowest BCUT2D eigenvalue weighted by Gasteiger charge is -2.32. The monoisotopic (exact) mass is 467 g/mol. The highest BCUT2D eigenvalue weighted by atomic mass is 16.8. The Morgan fingerprint density at radius 2 is 2.06 bits per heavy atom. The van der Waals surface area contributed by atoms with Gasteiger partial charge in [-0.1, -0.05) is 19.9 Å². The summed E-state index contributed by atoms with van der Waals surface area (Å²) in [6.45, 7) is 3.20. The van der Waals surface area contributed by atoms with Crippen LogP contribution in [-0.2, 0) is 33.2 Å². The Hall–Kier alpha value is -1.92. The van der Waals surface area contributed by atoms with Gasteiger partial charge in [-0.25, -0.2) is 4.79 Å². The molecule has 0 aromatic rings. The molecule has 2 heterocycles. The van der Waals surface area contributed by atoms with E-state index in [-0.39, 0.29) is 23.3 Å². The average molecular weight is 467 g/mol. The Balaban J connectivity index is 1.48. The molecule has 0 saturated carbocycles. The fourth-order valence-electron chi connectivity index (χ4n) is 3.93. The van der Waals surface area contributed by atoms with Crippen LogP contribution in [0.25, 0.3) is 0 Å². The number of aliphatic hydroxyl groups excluding tert-OH is 1. The van der Waals surface area contributed by atoms with Crippen LogP contribution >= 0.6 is 0 Å². The molecule has 11 heteroatoms. The van der Waals surface area contributed by atoms with E-state index in [0.29, 0.717) is 57.7 Å². The van der Waals surface area contributed by atoms with Crippen molar-refractivity contribution >= 4 is 19.0 Å². The van der Waals surface area contributed by atoms with Gasteiger partial charge in [-0.05, 0) is 50.0 Å². The highest BCUT2D eigenvalue weighted by Crippen LogP contribution is 2.34. The van der Waals surface area contributed by atoms with Gasteiger partial charge in [0.05, 0.1) is 17.6 Å². The van der Waals surface area contributed by atoms with Crippen molar-refractivity contribution in [3.63, 3.8) is 0 Å². The van der Waals surface area contributed by atoms with Crippen molar-refractivity contribution in [2.24, 2.45) is 5.92 Å². The minimum absolute atomic E-state index is 0.134. The van der Waals surface area contributed by atoms with Crippen LogP contribution < -0.4 is 5.32 Å². The third-order valence-electron chi connectivity index (χ3n) is 5.80. The zero-order valence-electron chi connectivity index (χ0n) is 19.3. The van der Waals surface area contributed by atoms with E-state index in [2.05, 4.69) is 5.32 Å². The van der Waals surface area contributed by atoms with Crippen molar-refractivity contribution in [1.29, 1.82) is 0 Å². The van der Waals surface area contributed by atoms with E-state index in [9.17, 15) is 19.7 Å². The minimum Gasteiger partial charge on any atom is -0.534 e. The number of carbonyl (C=O) groups excluding carboxylic acids is 2. The number of hydrogen-bond acceptors (Lipinski definition) is 9. The number of nitrogens with one attached hydrogen (secondary N) is 1. The maximum absolute atomic E-state index is 12.6. The van der Waals surface area contributed by atoms with Crippen LogP contribution in [0.5, 0.6) is 0 Å². The second-order valence-corrected chi connectivity index (χ2v) is 8.88. The van der Waals surface area contributed by atoms with Gasteiger partial charge < -0.3 is 34.3 Å². The molecule has 1 aliphatic carbocycles. The van der Waals surface area contributed by atoms with Gasteiger partial charge in [-0.2, -0.15) is 0 Å². The summed E-state index contributed by atoms with van der Waals surface area (Å²) in [6, 6.07) is 0. The molecule has 0 bridgehead atoms. The van der Waals surface area contributed by atoms with E-state index in [1.807, 2.05) is 13.8 Å². The molecule has 0 spiro atoms. The largest absolute Gasteiger partial charge is 0.547 e. The lowest BCUT2D eigenvalue weighted by atomic mass is 9.70. The lowest BCUT2D eigenvalue weighted by molar-refractivity contribution is -0.307. The molecule has 2 aliphatic heterocycles. The molecule has 1 unspecified atom stereocenters. The summed E-state index contributed by atoms with van der Waals surface area (Å²) in [4.78, 5) is 24.7. The first-order chi connectivity index (χ1) is 15.8. The van der Waals surface area contributed by atoms with E-state index >= 15 is 0 Å². The number of hydrogen-bond donors (Lipinski definition) is 3. The zero-order chi connectivity index (χ0) is 23.8. The van der Waals surface area contributed by atoms with Gasteiger partial charge >= 0.3 is 13.1 Å². The Labute approximate surface area is 194 Å². The molecule has 10 nitrogen and oxygen atoms in total. The highest BCUT2D eigenvalue weighted by Gasteiger charge is 2.40. The minimum atomic E-state index is -1.51. The Morgan fingerprint density at radius 3 is 2.79 bits per heavy atom. The lowest BCUT2D eigenvalue weighted by Crippen LogP contribution is -2.50. The third-order valence-corrected chi connectivity index (χ3v) is 5.80. The summed E-state index contributed by atoms with van der Waals surface area (Å²) in [5, 5.41) is 23.1. The second kappa shape index (κ2) is 12.5. The molecule has 3 aliphatic rings. The fraction of sp³-hybridized carbons (Fsp3) is 0.727. The van der Waals surface area contributed by atoms with Crippen molar-refractivity contribution in [1.82, 2.24) is 5.32 Å². The SMILES string of the molecule is CC(C)CCC(=O)N[C@H]1CC2=C(OB1O)C(C(=O)OCOC(O)OC1CCOCC1)=CCC2. The molecule has 184 valence electrons. The first-order valence-electron chi connectivity index (χ1n) is 11.6. The van der Waals surface area contributed by atoms with Crippen LogP contribution in [0.3, 0.4) is 0 Å². The Morgan fingerprint density at radius 1 is 1.30 bits per heavy atom. The van der Waals surface area contributed by atoms with Crippen LogP contribution in [0.1, 0.15) is 58.8 Å². The number of carbonyl (C=O) groups is 2. The van der Waals surface area contributed by atoms with E-state index in [1.54, 1.807) is 6.08 Å². The molecule has 3 N–H and O–H groups in total. The van der Waals surface area contributed by atoms with Crippen LogP contribution in [-0.4, -0.2) is 67.7 Å². The predicted molar refractivity (Wildman–Crippen MR) is 117 cm³/mol. The van der Waals surface area contributed by atoms with Gasteiger partial charge in [-0.15, -0.1) is 0 Å². The molecular formula is C22H34BNO9. The Kier molecular flexibility index (Phi) is 9.75. The van der Waals surface area contributed by atoms with Crippen LogP contribution in [0, 0.1) is 5.92 Å². The quantitative estimate of drug-likeness (QED) is 0.247. The molecule has 0 radical (unpaired) electrons. The van der Waals surface area contributed by atoms with Crippen LogP contribution in [0.4, 0.5) is 0 Å². The van der Waals surface area contributed by atoms with Gasteiger partial charge in [0.1, 0.15) is 5.76 Å². The summed E-state index contributed by atoms with van der Waals surface area (Å²) >= 11 is 0. The summed E-state index contributed by atoms with van der Waals surface area (Å²) in [7, 11) is -1.27. The average Bonchev–Trinajstić information content (AvgIpc) is 2.78. The maximum atomic E-state index is 12.6. The molecule has 1 fully saturated rings. The maximum Gasteiger partial charge on any atom is 0.547 e. The van der Waals surface area contributed by atoms with Crippen molar-refractivity contribution < 1.29 is 43.3 Å². The molecule has 1 amide bonds. The summed E-state index contributed by atoms with van der Waals surface area (Å²) in [5.74, 6) is -0.699. The fourth-order valence-corrected chi connectivity index (χ4v) is 3.93. The van der Waals surface area contributed by atoms with Crippen molar-refractivity contribution in [2.45, 2.75) is 77.3 Å². The van der Waals surface area contributed by atoms with Gasteiger partial charge in [0.2, 0.25) is 5.91 Å². The molecule has 3 rings (SSSR count). The topological polar surface area (TPSA) is 133 Å². The molecule has 1 saturated heterocycles. The molecular weight excluding hydrogens is 433 g/mol. The number of esters is 1. The van der Waals surface area contributed by atoms with Crippen LogP contribution in [0.15, 0.2) is 23.0 Å². The number of aliphatic hydroxyl groups is 1. The standard InChI is InChI=1S/C22H34BNO9/c1-14(2)6-7-19(25)24-18-12-15-4-3-5-17(20(15)33-23(18)28)21(26)30-13-31-22(27)32-16-8-10-29-11-9-16/h5,14,16,18,22,27-28H,3-4,6-13H2,1-2H3,(H,24,25)/t18-,22?/m0/s1. The molecule has 33 heavy (non-hydrogen) atoms. The third kappa shape index (κ3) is 7.82. The van der Waals surface area contributed by atoms with Gasteiger partial charge in [0.15, 0.2) is 6.79 Å². The summed E-state index contributed by atoms with van der Waals surface area (Å²) < 4.78 is 26.3. The van der Waals surface area contributed by atoms with Gasteiger partial charge in [-0.3, -0.25) is 9.53 Å². The highest BCUT2D eigenvalue weighted by molar-refractivity contribution is 6.46. The number of amides is 1. The van der Waals surface area contributed by atoms with Gasteiger partial charge in [0, 0.05) is 19.6 Å². The van der Waals surface area contributed by atoms with E-state index in [1.165, 1.54) is 0 Å². The zero-order valence-corrected chi connectivity index (χ0v) is 19.3. The van der Waals surface area contributed by atoms with E-state index in [4.69, 9.17) is 23.6 Å². The van der Waals surface area contributed by atoms with Crippen LogP contribution in [0.2, 0.25) is 0 Å². The molecule has 0 aromatic heterocycles. The van der Waals surface area contributed by atoms with Crippen molar-refractivity contribution in [3.05, 3.63) is 23.0 Å². The Bertz CT molecular complexity index is 748. The first kappa shape index (κ1) is 25.7. The smallest absolute Gasteiger partial charge is 0.534 e. The summed E-state index contributed by atoms with van der Waals surface area (Å²) in [5.41, 5.74) is 1.04. The number of allylic oxidation sites excluding steroid dienone is 1. The van der Waals surface area contributed by atoms with E-state index in [0.717, 1.165) is 12.0 Å². The van der Waals surface area contributed by atoms with Crippen molar-refractivity contribution in [2.75, 3.05) is 20.0 Å². The van der Waals surface area contributed by atoms with Gasteiger partial charge in [0.25, 0.3) is 6.48 Å². The summed E-state index contributed by atoms with van der Waals surface area (Å²) in [6.07, 6.45) is 5.62. The molecule has 0 aromatic carbocycles. The van der Waals surface area contributed by atoms with Crippen molar-refractivity contribution in [3.8, 4) is 0 Å².